The zero-order valence-electron chi connectivity index (χ0n) is 17.3. The average Bonchev–Trinajstić information content (AvgIpc) is 3.37. The lowest BCUT2D eigenvalue weighted by Gasteiger charge is -2.38. The Morgan fingerprint density at radius 3 is 2.62 bits per heavy atom. The minimum atomic E-state index is -4.93. The van der Waals surface area contributed by atoms with E-state index >= 15 is 0 Å². The summed E-state index contributed by atoms with van der Waals surface area (Å²) in [6.45, 7) is 1.95. The highest BCUT2D eigenvalue weighted by molar-refractivity contribution is 7.14. The van der Waals surface area contributed by atoms with Crippen molar-refractivity contribution >= 4 is 22.2 Å². The molecule has 0 saturated carbocycles. The summed E-state index contributed by atoms with van der Waals surface area (Å²) < 4.78 is 48.2. The van der Waals surface area contributed by atoms with Crippen molar-refractivity contribution in [2.75, 3.05) is 12.1 Å². The largest absolute Gasteiger partial charge is 0.497 e. The number of methoxy groups -OCH3 is 1. The molecule has 0 fully saturated rings. The number of alkyl halides is 3. The fourth-order valence-electron chi connectivity index (χ4n) is 4.35. The Morgan fingerprint density at radius 2 is 1.94 bits per heavy atom. The molecule has 3 aromatic rings. The first-order chi connectivity index (χ1) is 15.2. The lowest BCUT2D eigenvalue weighted by molar-refractivity contribution is -0.268. The van der Waals surface area contributed by atoms with E-state index in [9.17, 15) is 18.3 Å². The molecule has 0 unspecified atom stereocenters. The van der Waals surface area contributed by atoms with Crippen molar-refractivity contribution in [3.8, 4) is 17.0 Å². The summed E-state index contributed by atoms with van der Waals surface area (Å²) in [6.07, 6.45) is -4.43. The number of thiazole rings is 1. The number of fused-ring (bicyclic) bond motifs is 3. The minimum Gasteiger partial charge on any atom is -0.497 e. The lowest BCUT2D eigenvalue weighted by Crippen LogP contribution is -2.60. The number of ether oxygens (including phenoxy) is 1. The van der Waals surface area contributed by atoms with Gasteiger partial charge in [-0.1, -0.05) is 29.8 Å². The molecule has 2 aliphatic rings. The Balaban J connectivity index is 1.60. The van der Waals surface area contributed by atoms with E-state index in [1.165, 1.54) is 0 Å². The second-order valence-corrected chi connectivity index (χ2v) is 8.85. The van der Waals surface area contributed by atoms with Crippen molar-refractivity contribution in [1.82, 2.24) is 4.98 Å². The van der Waals surface area contributed by atoms with Crippen LogP contribution in [0.2, 0.25) is 0 Å². The van der Waals surface area contributed by atoms with Crippen LogP contribution in [0.5, 0.6) is 5.75 Å². The molecule has 0 spiro atoms. The van der Waals surface area contributed by atoms with Gasteiger partial charge in [0.15, 0.2) is 0 Å². The van der Waals surface area contributed by atoms with Crippen LogP contribution in [0, 0.1) is 12.8 Å². The first kappa shape index (κ1) is 21.0. The van der Waals surface area contributed by atoms with Gasteiger partial charge in [-0.2, -0.15) is 23.3 Å². The Bertz CT molecular complexity index is 1210. The van der Waals surface area contributed by atoms with Crippen LogP contribution in [0.3, 0.4) is 0 Å². The van der Waals surface area contributed by atoms with Crippen molar-refractivity contribution in [2.24, 2.45) is 11.0 Å². The zero-order valence-corrected chi connectivity index (χ0v) is 18.2. The van der Waals surface area contributed by atoms with Crippen LogP contribution in [-0.4, -0.2) is 34.8 Å². The molecule has 166 valence electrons. The topological polar surface area (TPSA) is 58.0 Å². The van der Waals surface area contributed by atoms with E-state index in [4.69, 9.17) is 4.74 Å². The fraction of sp³-hybridized carbons (Fsp3) is 0.304. The third kappa shape index (κ3) is 3.10. The summed E-state index contributed by atoms with van der Waals surface area (Å²) in [5.41, 5.74) is 0.905. The normalized spacial score (nSPS) is 22.4. The second-order valence-electron chi connectivity index (χ2n) is 8.02. The van der Waals surface area contributed by atoms with Gasteiger partial charge in [0.25, 0.3) is 5.72 Å². The van der Waals surface area contributed by atoms with E-state index in [-0.39, 0.29) is 17.3 Å². The van der Waals surface area contributed by atoms with Gasteiger partial charge in [0, 0.05) is 16.5 Å². The Labute approximate surface area is 186 Å². The third-order valence-electron chi connectivity index (χ3n) is 6.08. The van der Waals surface area contributed by atoms with E-state index in [1.54, 1.807) is 24.6 Å². The number of rotatable bonds is 3. The molecule has 9 heteroatoms. The van der Waals surface area contributed by atoms with Gasteiger partial charge in [-0.05, 0) is 43.5 Å². The number of hydrazone groups is 1. The van der Waals surface area contributed by atoms with Gasteiger partial charge in [0.1, 0.15) is 5.75 Å². The van der Waals surface area contributed by atoms with E-state index in [0.29, 0.717) is 28.4 Å². The molecule has 5 nitrogen and oxygen atoms in total. The SMILES string of the molecule is COc1ccc2c(c1)CC[C@@H]1C2=NN(c2nc(-c3ccc(C)cc3)cs2)[C@]1(O)C(F)(F)F. The van der Waals surface area contributed by atoms with E-state index in [2.05, 4.69) is 10.1 Å². The number of halogens is 3. The van der Waals surface area contributed by atoms with Crippen LogP contribution in [0.4, 0.5) is 18.3 Å². The van der Waals surface area contributed by atoms with Crippen LogP contribution < -0.4 is 9.75 Å². The van der Waals surface area contributed by atoms with Gasteiger partial charge >= 0.3 is 6.18 Å². The summed E-state index contributed by atoms with van der Waals surface area (Å²) in [6, 6.07) is 12.8. The molecule has 1 aliphatic heterocycles. The molecule has 2 aromatic carbocycles. The zero-order chi connectivity index (χ0) is 22.7. The summed E-state index contributed by atoms with van der Waals surface area (Å²) in [4.78, 5) is 4.40. The van der Waals surface area contributed by atoms with Crippen molar-refractivity contribution in [3.63, 3.8) is 0 Å². The van der Waals surface area contributed by atoms with E-state index in [0.717, 1.165) is 28.0 Å². The van der Waals surface area contributed by atoms with Gasteiger partial charge in [0.05, 0.1) is 24.4 Å². The molecule has 1 aromatic heterocycles. The first-order valence-electron chi connectivity index (χ1n) is 10.1. The predicted octanol–water partition coefficient (Wildman–Crippen LogP) is 5.16. The highest BCUT2D eigenvalue weighted by atomic mass is 32.1. The van der Waals surface area contributed by atoms with Gasteiger partial charge in [-0.25, -0.2) is 4.98 Å². The van der Waals surface area contributed by atoms with Crippen molar-refractivity contribution in [2.45, 2.75) is 31.7 Å². The summed E-state index contributed by atoms with van der Waals surface area (Å²) in [7, 11) is 1.54. The van der Waals surface area contributed by atoms with Crippen LogP contribution in [0.15, 0.2) is 52.9 Å². The maximum Gasteiger partial charge on any atom is 0.439 e. The van der Waals surface area contributed by atoms with Crippen molar-refractivity contribution in [1.29, 1.82) is 0 Å². The number of benzene rings is 2. The van der Waals surface area contributed by atoms with Crippen LogP contribution in [0.25, 0.3) is 11.3 Å². The second kappa shape index (κ2) is 7.31. The van der Waals surface area contributed by atoms with E-state index in [1.807, 2.05) is 37.3 Å². The number of hydrogen-bond donors (Lipinski definition) is 1. The monoisotopic (exact) mass is 459 g/mol. The molecule has 0 radical (unpaired) electrons. The van der Waals surface area contributed by atoms with Gasteiger partial charge < -0.3 is 9.84 Å². The Hall–Kier alpha value is -2.91. The Morgan fingerprint density at radius 1 is 1.19 bits per heavy atom. The number of aromatic nitrogens is 1. The number of aliphatic hydroxyl groups is 1. The van der Waals surface area contributed by atoms with Crippen LogP contribution in [0.1, 0.15) is 23.1 Å². The standard InChI is InChI=1S/C23H20F3N3O2S/c1-13-3-5-14(6-4-13)19-12-32-21(27-19)29-22(30,23(24,25)26)18-10-7-15-11-16(31-2)8-9-17(15)20(18)28-29/h3-6,8-9,11-12,18,30H,7,10H2,1-2H3/t18-,22-/m1/s1. The molecule has 1 N–H and O–H groups in total. The number of hydrogen-bond acceptors (Lipinski definition) is 6. The van der Waals surface area contributed by atoms with Gasteiger partial charge in [-0.15, -0.1) is 11.3 Å². The smallest absolute Gasteiger partial charge is 0.439 e. The molecule has 2 atom stereocenters. The first-order valence-corrected chi connectivity index (χ1v) is 11.0. The average molecular weight is 459 g/mol. The van der Waals surface area contributed by atoms with Crippen molar-refractivity contribution in [3.05, 3.63) is 64.5 Å². The van der Waals surface area contributed by atoms with Crippen molar-refractivity contribution < 1.29 is 23.0 Å². The quantitative estimate of drug-likeness (QED) is 0.588. The molecular formula is C23H20F3N3O2S. The summed E-state index contributed by atoms with van der Waals surface area (Å²) >= 11 is 1.02. The molecule has 0 saturated heterocycles. The predicted molar refractivity (Wildman–Crippen MR) is 117 cm³/mol. The number of nitrogens with zero attached hydrogens (tertiary/aromatic N) is 3. The minimum absolute atomic E-state index is 0.00244. The molecule has 32 heavy (non-hydrogen) atoms. The third-order valence-corrected chi connectivity index (χ3v) is 6.89. The van der Waals surface area contributed by atoms with Gasteiger partial charge in [0.2, 0.25) is 5.13 Å². The fourth-order valence-corrected chi connectivity index (χ4v) is 5.19. The summed E-state index contributed by atoms with van der Waals surface area (Å²) in [5.74, 6) is -0.582. The van der Waals surface area contributed by atoms with Gasteiger partial charge in [-0.3, -0.25) is 0 Å². The molecule has 1 aliphatic carbocycles. The number of anilines is 1. The molecular weight excluding hydrogens is 439 g/mol. The molecule has 5 rings (SSSR count). The van der Waals surface area contributed by atoms with Crippen LogP contribution >= 0.6 is 11.3 Å². The Kier molecular flexibility index (Phi) is 4.79. The molecule has 0 bridgehead atoms. The highest BCUT2D eigenvalue weighted by Crippen LogP contribution is 2.51. The number of aryl methyl sites for hydroxylation is 2. The molecule has 0 amide bonds. The summed E-state index contributed by atoms with van der Waals surface area (Å²) in [5, 5.41) is 17.7. The maximum atomic E-state index is 14.3. The van der Waals surface area contributed by atoms with Crippen LogP contribution in [-0.2, 0) is 6.42 Å². The molecule has 2 heterocycles. The van der Waals surface area contributed by atoms with E-state index < -0.39 is 17.8 Å². The maximum absolute atomic E-state index is 14.3. The highest BCUT2D eigenvalue weighted by Gasteiger charge is 2.68. The lowest BCUT2D eigenvalue weighted by atomic mass is 9.77.